The van der Waals surface area contributed by atoms with Crippen LogP contribution in [-0.2, 0) is 0 Å². The number of nitrogens with one attached hydrogen (secondary N) is 1. The van der Waals surface area contributed by atoms with Crippen molar-refractivity contribution in [2.45, 2.75) is 53.0 Å². The number of hydrogen-bond acceptors (Lipinski definition) is 2. The van der Waals surface area contributed by atoms with Gasteiger partial charge in [0.05, 0.1) is 0 Å². The Hall–Kier alpha value is -0.0800. The summed E-state index contributed by atoms with van der Waals surface area (Å²) in [6.45, 7) is 13.8. The summed E-state index contributed by atoms with van der Waals surface area (Å²) in [5.41, 5.74) is 0. The quantitative estimate of drug-likeness (QED) is 0.615. The fourth-order valence-corrected chi connectivity index (χ4v) is 1.77. The predicted molar refractivity (Wildman–Crippen MR) is 64.8 cm³/mol. The van der Waals surface area contributed by atoms with Gasteiger partial charge in [0.15, 0.2) is 0 Å². The Labute approximate surface area is 90.1 Å². The zero-order valence-electron chi connectivity index (χ0n) is 10.5. The van der Waals surface area contributed by atoms with E-state index in [1.807, 2.05) is 0 Å². The average Bonchev–Trinajstić information content (AvgIpc) is 2.15. The number of hydrogen-bond donors (Lipinski definition) is 1. The van der Waals surface area contributed by atoms with Gasteiger partial charge in [-0.1, -0.05) is 20.8 Å². The summed E-state index contributed by atoms with van der Waals surface area (Å²) >= 11 is 0. The van der Waals surface area contributed by atoms with Crippen LogP contribution in [0.25, 0.3) is 0 Å². The third-order valence-electron chi connectivity index (χ3n) is 2.35. The van der Waals surface area contributed by atoms with Gasteiger partial charge in [0.25, 0.3) is 0 Å². The Balaban J connectivity index is 3.64. The molecule has 0 fully saturated rings. The van der Waals surface area contributed by atoms with Crippen molar-refractivity contribution in [1.82, 2.24) is 10.2 Å². The first-order chi connectivity index (χ1) is 6.74. The highest BCUT2D eigenvalue weighted by molar-refractivity contribution is 4.67. The molecule has 0 rings (SSSR count). The minimum absolute atomic E-state index is 0.632. The fourth-order valence-electron chi connectivity index (χ4n) is 1.77. The van der Waals surface area contributed by atoms with E-state index in [2.05, 4.69) is 37.9 Å². The highest BCUT2D eigenvalue weighted by Gasteiger charge is 2.07. The molecule has 2 nitrogen and oxygen atoms in total. The zero-order valence-corrected chi connectivity index (χ0v) is 10.5. The molecule has 0 aliphatic heterocycles. The maximum atomic E-state index is 3.54. The predicted octanol–water partition coefficient (Wildman–Crippen LogP) is 2.50. The molecule has 0 aliphatic rings. The smallest absolute Gasteiger partial charge is 0.0166 e. The molecule has 86 valence electrons. The van der Waals surface area contributed by atoms with Crippen molar-refractivity contribution in [3.8, 4) is 0 Å². The van der Waals surface area contributed by atoms with Crippen molar-refractivity contribution >= 4 is 0 Å². The molecule has 1 N–H and O–H groups in total. The Morgan fingerprint density at radius 1 is 1.00 bits per heavy atom. The van der Waals surface area contributed by atoms with Crippen molar-refractivity contribution < 1.29 is 0 Å². The molecule has 0 heterocycles. The van der Waals surface area contributed by atoms with Gasteiger partial charge in [-0.15, -0.1) is 0 Å². The van der Waals surface area contributed by atoms with Gasteiger partial charge in [-0.05, 0) is 45.8 Å². The molecule has 0 amide bonds. The van der Waals surface area contributed by atoms with E-state index >= 15 is 0 Å². The molecular formula is C12H28N2. The normalized spacial score (nSPS) is 13.5. The van der Waals surface area contributed by atoms with Gasteiger partial charge in [-0.25, -0.2) is 0 Å². The van der Waals surface area contributed by atoms with Crippen LogP contribution >= 0.6 is 0 Å². The van der Waals surface area contributed by atoms with Crippen LogP contribution in [0.3, 0.4) is 0 Å². The van der Waals surface area contributed by atoms with E-state index in [-0.39, 0.29) is 0 Å². The Bertz CT molecular complexity index is 109. The first kappa shape index (κ1) is 13.9. The zero-order chi connectivity index (χ0) is 10.8. The molecule has 0 saturated heterocycles. The molecule has 0 bridgehead atoms. The van der Waals surface area contributed by atoms with Gasteiger partial charge in [0, 0.05) is 12.6 Å². The van der Waals surface area contributed by atoms with Gasteiger partial charge in [-0.3, -0.25) is 0 Å². The van der Waals surface area contributed by atoms with Crippen molar-refractivity contribution in [2.24, 2.45) is 0 Å². The average molecular weight is 200 g/mol. The summed E-state index contributed by atoms with van der Waals surface area (Å²) in [7, 11) is 0. The molecule has 14 heavy (non-hydrogen) atoms. The highest BCUT2D eigenvalue weighted by atomic mass is 15.1. The minimum atomic E-state index is 0.632. The maximum Gasteiger partial charge on any atom is 0.0166 e. The van der Waals surface area contributed by atoms with E-state index in [1.54, 1.807) is 0 Å². The van der Waals surface area contributed by atoms with Crippen LogP contribution in [-0.4, -0.2) is 37.1 Å². The molecule has 2 heteroatoms. The lowest BCUT2D eigenvalue weighted by molar-refractivity contribution is 0.248. The molecule has 1 unspecified atom stereocenters. The lowest BCUT2D eigenvalue weighted by Crippen LogP contribution is -2.40. The van der Waals surface area contributed by atoms with Gasteiger partial charge >= 0.3 is 0 Å². The van der Waals surface area contributed by atoms with Crippen LogP contribution in [0.15, 0.2) is 0 Å². The molecule has 0 aromatic carbocycles. The summed E-state index contributed by atoms with van der Waals surface area (Å²) < 4.78 is 0. The van der Waals surface area contributed by atoms with Crippen molar-refractivity contribution in [1.29, 1.82) is 0 Å². The van der Waals surface area contributed by atoms with Crippen LogP contribution in [0.1, 0.15) is 47.0 Å². The number of rotatable bonds is 9. The second-order valence-electron chi connectivity index (χ2n) is 4.16. The van der Waals surface area contributed by atoms with Crippen molar-refractivity contribution in [3.63, 3.8) is 0 Å². The molecule has 0 aliphatic carbocycles. The topological polar surface area (TPSA) is 15.3 Å². The molecule has 0 aromatic rings. The Morgan fingerprint density at radius 2 is 1.57 bits per heavy atom. The van der Waals surface area contributed by atoms with Crippen LogP contribution in [0.4, 0.5) is 0 Å². The van der Waals surface area contributed by atoms with E-state index in [1.165, 1.54) is 38.9 Å². The van der Waals surface area contributed by atoms with E-state index in [9.17, 15) is 0 Å². The van der Waals surface area contributed by atoms with Gasteiger partial charge < -0.3 is 10.2 Å². The van der Waals surface area contributed by atoms with Crippen molar-refractivity contribution in [2.75, 3.05) is 26.2 Å². The maximum absolute atomic E-state index is 3.54. The molecule has 0 aromatic heterocycles. The third-order valence-corrected chi connectivity index (χ3v) is 2.35. The molecule has 0 saturated carbocycles. The summed E-state index contributed by atoms with van der Waals surface area (Å²) in [6.07, 6.45) is 3.76. The lowest BCUT2D eigenvalue weighted by atomic mass is 10.2. The summed E-state index contributed by atoms with van der Waals surface area (Å²) in [4.78, 5) is 2.56. The lowest BCUT2D eigenvalue weighted by Gasteiger charge is -2.25. The number of nitrogens with zero attached hydrogens (tertiary/aromatic N) is 1. The van der Waals surface area contributed by atoms with E-state index in [0.29, 0.717) is 6.04 Å². The van der Waals surface area contributed by atoms with Crippen molar-refractivity contribution in [3.05, 3.63) is 0 Å². The Kier molecular flexibility index (Phi) is 9.42. The first-order valence-corrected chi connectivity index (χ1v) is 6.20. The third kappa shape index (κ3) is 7.34. The second-order valence-corrected chi connectivity index (χ2v) is 4.16. The summed E-state index contributed by atoms with van der Waals surface area (Å²) in [6, 6.07) is 0.632. The van der Waals surface area contributed by atoms with Gasteiger partial charge in [-0.2, -0.15) is 0 Å². The monoisotopic (exact) mass is 200 g/mol. The molecule has 1 atom stereocenters. The van der Waals surface area contributed by atoms with Crippen LogP contribution < -0.4 is 5.32 Å². The molecule has 0 radical (unpaired) electrons. The second kappa shape index (κ2) is 9.47. The highest BCUT2D eigenvalue weighted by Crippen LogP contribution is 1.96. The summed E-state index contributed by atoms with van der Waals surface area (Å²) in [5, 5.41) is 3.54. The fraction of sp³-hybridized carbons (Fsp3) is 1.00. The first-order valence-electron chi connectivity index (χ1n) is 6.20. The Morgan fingerprint density at radius 3 is 2.00 bits per heavy atom. The van der Waals surface area contributed by atoms with Gasteiger partial charge in [0.1, 0.15) is 0 Å². The minimum Gasteiger partial charge on any atom is -0.313 e. The SMILES string of the molecule is CCCNC(C)CN(CCC)CCC. The van der Waals surface area contributed by atoms with E-state index in [4.69, 9.17) is 0 Å². The largest absolute Gasteiger partial charge is 0.313 e. The standard InChI is InChI=1S/C12H28N2/c1-5-8-13-12(4)11-14(9-6-2)10-7-3/h12-13H,5-11H2,1-4H3. The van der Waals surface area contributed by atoms with E-state index in [0.717, 1.165) is 6.54 Å². The van der Waals surface area contributed by atoms with Crippen LogP contribution in [0.5, 0.6) is 0 Å². The van der Waals surface area contributed by atoms with Crippen LogP contribution in [0, 0.1) is 0 Å². The van der Waals surface area contributed by atoms with Gasteiger partial charge in [0.2, 0.25) is 0 Å². The molecular weight excluding hydrogens is 172 g/mol. The van der Waals surface area contributed by atoms with E-state index < -0.39 is 0 Å². The summed E-state index contributed by atoms with van der Waals surface area (Å²) in [5.74, 6) is 0. The molecule has 0 spiro atoms. The van der Waals surface area contributed by atoms with Crippen LogP contribution in [0.2, 0.25) is 0 Å².